The Bertz CT molecular complexity index is 1380. The molecule has 0 spiro atoms. The Morgan fingerprint density at radius 3 is 2.47 bits per heavy atom. The van der Waals surface area contributed by atoms with Crippen LogP contribution in [0.15, 0.2) is 66.1 Å². The van der Waals surface area contributed by atoms with Gasteiger partial charge in [-0.2, -0.15) is 0 Å². The van der Waals surface area contributed by atoms with E-state index in [1.165, 1.54) is 11.3 Å². The maximum absolute atomic E-state index is 14.0. The number of aromatic nitrogens is 2. The minimum absolute atomic E-state index is 0.00730. The number of Topliss-reactive ketones (excluding diaryl/α,β-unsaturated/α-hetero) is 1. The highest BCUT2D eigenvalue weighted by atomic mass is 32.1. The second-order valence-corrected chi connectivity index (χ2v) is 10.2. The number of carbonyl (C=O) groups is 3. The van der Waals surface area contributed by atoms with Gasteiger partial charge in [-0.25, -0.2) is 9.78 Å². The van der Waals surface area contributed by atoms with E-state index < -0.39 is 23.5 Å². The SMILES string of the molecule is CCOC(=O)N1CCC(N2C(=O)C(O)=C(C(=O)c3sc(-c4ccccc4)nc3C)C2c2ccccn2)CC1. The first kappa shape index (κ1) is 25.6. The first-order valence-electron chi connectivity index (χ1n) is 12.6. The number of amides is 2. The maximum atomic E-state index is 14.0. The van der Waals surface area contributed by atoms with Crippen molar-refractivity contribution in [3.8, 4) is 10.6 Å². The van der Waals surface area contributed by atoms with E-state index in [0.717, 1.165) is 5.56 Å². The van der Waals surface area contributed by atoms with Crippen molar-refractivity contribution < 1.29 is 24.2 Å². The van der Waals surface area contributed by atoms with Crippen LogP contribution in [-0.2, 0) is 9.53 Å². The quantitative estimate of drug-likeness (QED) is 0.457. The van der Waals surface area contributed by atoms with Crippen LogP contribution in [0.1, 0.15) is 46.9 Å². The number of hydrogen-bond donors (Lipinski definition) is 1. The summed E-state index contributed by atoms with van der Waals surface area (Å²) in [7, 11) is 0. The topological polar surface area (TPSA) is 113 Å². The first-order valence-corrected chi connectivity index (χ1v) is 13.4. The highest BCUT2D eigenvalue weighted by Gasteiger charge is 2.48. The number of thiazole rings is 1. The van der Waals surface area contributed by atoms with Crippen molar-refractivity contribution in [3.63, 3.8) is 0 Å². The molecular formula is C28H28N4O5S. The number of hydrogen-bond acceptors (Lipinski definition) is 8. The molecule has 1 unspecified atom stereocenters. The molecule has 0 saturated carbocycles. The van der Waals surface area contributed by atoms with Crippen molar-refractivity contribution in [1.29, 1.82) is 0 Å². The maximum Gasteiger partial charge on any atom is 0.409 e. The summed E-state index contributed by atoms with van der Waals surface area (Å²) in [5.74, 6) is -1.60. The number of piperidine rings is 1. The van der Waals surface area contributed by atoms with Crippen molar-refractivity contribution >= 4 is 29.1 Å². The van der Waals surface area contributed by atoms with Crippen LogP contribution in [0.2, 0.25) is 0 Å². The monoisotopic (exact) mass is 532 g/mol. The van der Waals surface area contributed by atoms with Crippen molar-refractivity contribution in [2.75, 3.05) is 19.7 Å². The number of ether oxygens (including phenoxy) is 1. The largest absolute Gasteiger partial charge is 0.503 e. The van der Waals surface area contributed by atoms with Gasteiger partial charge in [0.15, 0.2) is 5.76 Å². The Balaban J connectivity index is 1.48. The van der Waals surface area contributed by atoms with Crippen LogP contribution >= 0.6 is 11.3 Å². The molecular weight excluding hydrogens is 504 g/mol. The number of pyridine rings is 1. The molecule has 1 saturated heterocycles. The molecule has 2 amide bonds. The Morgan fingerprint density at radius 2 is 1.82 bits per heavy atom. The fraction of sp³-hybridized carbons (Fsp3) is 0.321. The fourth-order valence-corrected chi connectivity index (χ4v) is 6.06. The summed E-state index contributed by atoms with van der Waals surface area (Å²) in [6.45, 7) is 4.60. The molecule has 0 bridgehead atoms. The molecule has 0 aliphatic carbocycles. The van der Waals surface area contributed by atoms with Gasteiger partial charge in [0.05, 0.1) is 28.4 Å². The zero-order valence-electron chi connectivity index (χ0n) is 21.2. The van der Waals surface area contributed by atoms with Gasteiger partial charge >= 0.3 is 6.09 Å². The highest BCUT2D eigenvalue weighted by Crippen LogP contribution is 2.42. The van der Waals surface area contributed by atoms with E-state index in [9.17, 15) is 19.5 Å². The molecule has 5 rings (SSSR count). The number of likely N-dealkylation sites (tertiary alicyclic amines) is 1. The summed E-state index contributed by atoms with van der Waals surface area (Å²) >= 11 is 1.24. The molecule has 3 aromatic rings. The molecule has 1 aromatic carbocycles. The molecule has 2 aliphatic rings. The number of ketones is 1. The van der Waals surface area contributed by atoms with Crippen LogP contribution in [0.5, 0.6) is 0 Å². The lowest BCUT2D eigenvalue weighted by Crippen LogP contribution is -2.49. The summed E-state index contributed by atoms with van der Waals surface area (Å²) < 4.78 is 5.11. The second-order valence-electron chi connectivity index (χ2n) is 9.18. The summed E-state index contributed by atoms with van der Waals surface area (Å²) in [6.07, 6.45) is 2.19. The zero-order valence-corrected chi connectivity index (χ0v) is 22.0. The van der Waals surface area contributed by atoms with Gasteiger partial charge in [0.1, 0.15) is 11.0 Å². The smallest absolute Gasteiger partial charge is 0.409 e. The average Bonchev–Trinajstić information content (AvgIpc) is 3.46. The lowest BCUT2D eigenvalue weighted by atomic mass is 9.95. The molecule has 196 valence electrons. The molecule has 38 heavy (non-hydrogen) atoms. The van der Waals surface area contributed by atoms with Crippen LogP contribution in [0, 0.1) is 6.92 Å². The first-order chi connectivity index (χ1) is 18.4. The van der Waals surface area contributed by atoms with E-state index in [1.54, 1.807) is 48.0 Å². The van der Waals surface area contributed by atoms with Gasteiger partial charge in [0, 0.05) is 30.9 Å². The standard InChI is InChI=1S/C28H28N4O5S/c1-3-37-28(36)31-15-12-19(13-16-31)32-22(20-11-7-8-14-29-20)21(24(34)27(32)35)23(33)25-17(2)30-26(38-25)18-9-5-4-6-10-18/h4-11,14,19,22,34H,3,12-13,15-16H2,1-2H3. The highest BCUT2D eigenvalue weighted by molar-refractivity contribution is 7.17. The van der Waals surface area contributed by atoms with Gasteiger partial charge in [-0.3, -0.25) is 14.6 Å². The van der Waals surface area contributed by atoms with Gasteiger partial charge in [-0.1, -0.05) is 36.4 Å². The lowest BCUT2D eigenvalue weighted by Gasteiger charge is -2.39. The third-order valence-corrected chi connectivity index (χ3v) is 8.07. The Hall–Kier alpha value is -4.05. The molecule has 2 aromatic heterocycles. The zero-order chi connectivity index (χ0) is 26.8. The van der Waals surface area contributed by atoms with Gasteiger partial charge in [0.25, 0.3) is 5.91 Å². The normalized spacial score (nSPS) is 18.3. The second kappa shape index (κ2) is 10.7. The predicted octanol–water partition coefficient (Wildman–Crippen LogP) is 4.71. The van der Waals surface area contributed by atoms with Crippen molar-refractivity contribution in [3.05, 3.63) is 82.3 Å². The van der Waals surface area contributed by atoms with E-state index >= 15 is 0 Å². The number of benzene rings is 1. The van der Waals surface area contributed by atoms with E-state index in [-0.39, 0.29) is 24.3 Å². The fourth-order valence-electron chi connectivity index (χ4n) is 5.03. The Morgan fingerprint density at radius 1 is 1.11 bits per heavy atom. The predicted molar refractivity (Wildman–Crippen MR) is 142 cm³/mol. The Labute approximate surface area is 224 Å². The number of aliphatic hydroxyl groups excluding tert-OH is 1. The molecule has 0 radical (unpaired) electrons. The van der Waals surface area contributed by atoms with E-state index in [4.69, 9.17) is 4.74 Å². The third kappa shape index (κ3) is 4.67. The van der Waals surface area contributed by atoms with Gasteiger partial charge in [0.2, 0.25) is 5.78 Å². The minimum atomic E-state index is -0.850. The van der Waals surface area contributed by atoms with Gasteiger partial charge < -0.3 is 19.6 Å². The molecule has 1 fully saturated rings. The summed E-state index contributed by atoms with van der Waals surface area (Å²) in [6, 6.07) is 13.7. The third-order valence-electron chi connectivity index (χ3n) is 6.86. The van der Waals surface area contributed by atoms with Crippen LogP contribution in [0.4, 0.5) is 4.79 Å². The molecule has 9 nitrogen and oxygen atoms in total. The summed E-state index contributed by atoms with van der Waals surface area (Å²) in [5, 5.41) is 11.8. The molecule has 2 aliphatic heterocycles. The lowest BCUT2D eigenvalue weighted by molar-refractivity contribution is -0.132. The van der Waals surface area contributed by atoms with Crippen molar-refractivity contribution in [2.45, 2.75) is 38.8 Å². The molecule has 1 N–H and O–H groups in total. The molecule has 4 heterocycles. The van der Waals surface area contributed by atoms with Crippen LogP contribution in [0.3, 0.4) is 0 Å². The van der Waals surface area contributed by atoms with Gasteiger partial charge in [-0.15, -0.1) is 11.3 Å². The van der Waals surface area contributed by atoms with Gasteiger partial charge in [-0.05, 0) is 38.8 Å². The number of carbonyl (C=O) groups excluding carboxylic acids is 3. The number of aryl methyl sites for hydroxylation is 1. The van der Waals surface area contributed by atoms with E-state index in [0.29, 0.717) is 47.2 Å². The number of nitrogens with zero attached hydrogens (tertiary/aromatic N) is 4. The van der Waals surface area contributed by atoms with Crippen molar-refractivity contribution in [1.82, 2.24) is 19.8 Å². The van der Waals surface area contributed by atoms with E-state index in [1.807, 2.05) is 30.3 Å². The van der Waals surface area contributed by atoms with Crippen molar-refractivity contribution in [2.24, 2.45) is 0 Å². The number of aliphatic hydroxyl groups is 1. The average molecular weight is 533 g/mol. The summed E-state index contributed by atoms with van der Waals surface area (Å²) in [5.41, 5.74) is 1.92. The Kier molecular flexibility index (Phi) is 7.24. The minimum Gasteiger partial charge on any atom is -0.503 e. The van der Waals surface area contributed by atoms with Crippen LogP contribution < -0.4 is 0 Å². The van der Waals surface area contributed by atoms with E-state index in [2.05, 4.69) is 9.97 Å². The van der Waals surface area contributed by atoms with Crippen LogP contribution in [-0.4, -0.2) is 68.4 Å². The number of rotatable bonds is 6. The van der Waals surface area contributed by atoms with Crippen LogP contribution in [0.25, 0.3) is 10.6 Å². The summed E-state index contributed by atoms with van der Waals surface area (Å²) in [4.78, 5) is 52.2. The molecule has 10 heteroatoms. The molecule has 1 atom stereocenters.